The molecule has 0 amide bonds. The summed E-state index contributed by atoms with van der Waals surface area (Å²) in [5.74, 6) is -0.672. The first-order valence-corrected chi connectivity index (χ1v) is 7.27. The van der Waals surface area contributed by atoms with Crippen LogP contribution in [0.5, 0.6) is 0 Å². The number of benzene rings is 1. The Kier molecular flexibility index (Phi) is 3.30. The number of aryl methyl sites for hydroxylation is 1. The molecule has 0 bridgehead atoms. The van der Waals surface area contributed by atoms with Gasteiger partial charge in [0.2, 0.25) is 0 Å². The SMILES string of the molecule is Cc1n[nH]c(-c2nn(Cc3cccc(F)c3F)c3ncccc23)n1. The van der Waals surface area contributed by atoms with Crippen LogP contribution < -0.4 is 0 Å². The number of H-pyrrole nitrogens is 1. The molecular formula is C16H12F2N6. The number of aromatic amines is 1. The topological polar surface area (TPSA) is 72.3 Å². The van der Waals surface area contributed by atoms with Crippen LogP contribution >= 0.6 is 0 Å². The Balaban J connectivity index is 1.86. The fraction of sp³-hybridized carbons (Fsp3) is 0.125. The van der Waals surface area contributed by atoms with E-state index < -0.39 is 11.6 Å². The Morgan fingerprint density at radius 2 is 2.04 bits per heavy atom. The number of hydrogen-bond acceptors (Lipinski definition) is 4. The van der Waals surface area contributed by atoms with Gasteiger partial charge in [0.05, 0.1) is 11.9 Å². The highest BCUT2D eigenvalue weighted by Gasteiger charge is 2.17. The number of hydrogen-bond donors (Lipinski definition) is 1. The van der Waals surface area contributed by atoms with Gasteiger partial charge in [-0.25, -0.2) is 23.4 Å². The standard InChI is InChI=1S/C16H12F2N6/c1-9-20-15(22-21-9)14-11-5-3-7-19-16(11)24(23-14)8-10-4-2-6-12(17)13(10)18/h2-7H,8H2,1H3,(H,20,21,22). The number of rotatable bonds is 3. The monoisotopic (exact) mass is 326 g/mol. The van der Waals surface area contributed by atoms with Crippen molar-refractivity contribution in [3.63, 3.8) is 0 Å². The first kappa shape index (κ1) is 14.4. The van der Waals surface area contributed by atoms with Crippen molar-refractivity contribution in [3.8, 4) is 11.5 Å². The molecule has 24 heavy (non-hydrogen) atoms. The van der Waals surface area contributed by atoms with E-state index in [-0.39, 0.29) is 12.1 Å². The van der Waals surface area contributed by atoms with Gasteiger partial charge in [-0.3, -0.25) is 5.10 Å². The molecule has 0 aliphatic rings. The maximum absolute atomic E-state index is 14.0. The van der Waals surface area contributed by atoms with Crippen LogP contribution in [0.15, 0.2) is 36.5 Å². The molecule has 4 rings (SSSR count). The van der Waals surface area contributed by atoms with Gasteiger partial charge in [0.1, 0.15) is 11.5 Å². The summed E-state index contributed by atoms with van der Waals surface area (Å²) in [4.78, 5) is 8.58. The first-order valence-electron chi connectivity index (χ1n) is 7.27. The molecule has 1 aromatic carbocycles. The summed E-state index contributed by atoms with van der Waals surface area (Å²) in [6.07, 6.45) is 1.62. The molecule has 120 valence electrons. The maximum atomic E-state index is 14.0. The molecule has 3 heterocycles. The fourth-order valence-electron chi connectivity index (χ4n) is 2.58. The summed E-state index contributed by atoms with van der Waals surface area (Å²) in [6, 6.07) is 7.70. The van der Waals surface area contributed by atoms with Crippen LogP contribution in [0.25, 0.3) is 22.6 Å². The number of halogens is 2. The van der Waals surface area contributed by atoms with Crippen LogP contribution in [-0.2, 0) is 6.54 Å². The molecule has 3 aromatic heterocycles. The number of nitrogens with zero attached hydrogens (tertiary/aromatic N) is 5. The molecule has 0 unspecified atom stereocenters. The van der Waals surface area contributed by atoms with Gasteiger partial charge in [-0.1, -0.05) is 12.1 Å². The lowest BCUT2D eigenvalue weighted by Gasteiger charge is -2.05. The van der Waals surface area contributed by atoms with Crippen molar-refractivity contribution in [2.24, 2.45) is 0 Å². The molecule has 0 saturated heterocycles. The number of aromatic nitrogens is 6. The average Bonchev–Trinajstić information content (AvgIpc) is 3.16. The van der Waals surface area contributed by atoms with Gasteiger partial charge in [0, 0.05) is 11.8 Å². The predicted molar refractivity (Wildman–Crippen MR) is 83.1 cm³/mol. The highest BCUT2D eigenvalue weighted by Crippen LogP contribution is 2.25. The predicted octanol–water partition coefficient (Wildman–Crippen LogP) is 2.85. The molecule has 0 aliphatic heterocycles. The van der Waals surface area contributed by atoms with Crippen LogP contribution in [0.2, 0.25) is 0 Å². The smallest absolute Gasteiger partial charge is 0.177 e. The van der Waals surface area contributed by atoms with Crippen LogP contribution in [0, 0.1) is 18.6 Å². The van der Waals surface area contributed by atoms with Gasteiger partial charge in [-0.2, -0.15) is 10.2 Å². The number of fused-ring (bicyclic) bond motifs is 1. The summed E-state index contributed by atoms with van der Waals surface area (Å²) >= 11 is 0. The van der Waals surface area contributed by atoms with E-state index in [0.29, 0.717) is 23.0 Å². The van der Waals surface area contributed by atoms with E-state index in [1.807, 2.05) is 6.07 Å². The quantitative estimate of drug-likeness (QED) is 0.628. The van der Waals surface area contributed by atoms with E-state index in [1.165, 1.54) is 16.8 Å². The molecule has 0 radical (unpaired) electrons. The lowest BCUT2D eigenvalue weighted by molar-refractivity contribution is 0.493. The van der Waals surface area contributed by atoms with E-state index in [2.05, 4.69) is 25.3 Å². The van der Waals surface area contributed by atoms with Crippen molar-refractivity contribution in [2.75, 3.05) is 0 Å². The first-order chi connectivity index (χ1) is 11.6. The van der Waals surface area contributed by atoms with Crippen molar-refractivity contribution in [1.29, 1.82) is 0 Å². The van der Waals surface area contributed by atoms with Crippen LogP contribution in [0.4, 0.5) is 8.78 Å². The Hall–Kier alpha value is -3.16. The van der Waals surface area contributed by atoms with Crippen molar-refractivity contribution in [3.05, 3.63) is 59.6 Å². The number of nitrogens with one attached hydrogen (secondary N) is 1. The van der Waals surface area contributed by atoms with Crippen LogP contribution in [0.3, 0.4) is 0 Å². The maximum Gasteiger partial charge on any atom is 0.177 e. The molecule has 0 fully saturated rings. The zero-order valence-electron chi connectivity index (χ0n) is 12.7. The normalized spacial score (nSPS) is 11.3. The second-order valence-corrected chi connectivity index (χ2v) is 5.32. The van der Waals surface area contributed by atoms with E-state index in [1.54, 1.807) is 19.2 Å². The summed E-state index contributed by atoms with van der Waals surface area (Å²) in [6.45, 7) is 1.82. The number of pyridine rings is 1. The zero-order chi connectivity index (χ0) is 16.7. The Morgan fingerprint density at radius 1 is 1.17 bits per heavy atom. The molecule has 8 heteroatoms. The van der Waals surface area contributed by atoms with Gasteiger partial charge < -0.3 is 0 Å². The van der Waals surface area contributed by atoms with Gasteiger partial charge in [0.15, 0.2) is 23.1 Å². The average molecular weight is 326 g/mol. The molecule has 0 aliphatic carbocycles. The Morgan fingerprint density at radius 3 is 2.83 bits per heavy atom. The lowest BCUT2D eigenvalue weighted by atomic mass is 10.2. The lowest BCUT2D eigenvalue weighted by Crippen LogP contribution is -2.05. The third kappa shape index (κ3) is 2.32. The van der Waals surface area contributed by atoms with Crippen molar-refractivity contribution >= 4 is 11.0 Å². The summed E-state index contributed by atoms with van der Waals surface area (Å²) in [7, 11) is 0. The Labute approximate surface area is 135 Å². The Bertz CT molecular complexity index is 1040. The van der Waals surface area contributed by atoms with E-state index in [0.717, 1.165) is 11.5 Å². The fourth-order valence-corrected chi connectivity index (χ4v) is 2.58. The van der Waals surface area contributed by atoms with E-state index >= 15 is 0 Å². The molecule has 0 spiro atoms. The minimum atomic E-state index is -0.886. The third-order valence-corrected chi connectivity index (χ3v) is 3.68. The van der Waals surface area contributed by atoms with E-state index in [9.17, 15) is 8.78 Å². The highest BCUT2D eigenvalue weighted by molar-refractivity contribution is 5.89. The summed E-state index contributed by atoms with van der Waals surface area (Å²) < 4.78 is 28.9. The molecule has 0 saturated carbocycles. The molecular weight excluding hydrogens is 314 g/mol. The summed E-state index contributed by atoms with van der Waals surface area (Å²) in [5, 5.41) is 12.0. The molecule has 0 atom stereocenters. The van der Waals surface area contributed by atoms with Gasteiger partial charge in [-0.05, 0) is 25.1 Å². The van der Waals surface area contributed by atoms with Crippen molar-refractivity contribution in [2.45, 2.75) is 13.5 Å². The van der Waals surface area contributed by atoms with Crippen LogP contribution in [0.1, 0.15) is 11.4 Å². The van der Waals surface area contributed by atoms with E-state index in [4.69, 9.17) is 0 Å². The van der Waals surface area contributed by atoms with Gasteiger partial charge >= 0.3 is 0 Å². The van der Waals surface area contributed by atoms with Crippen molar-refractivity contribution in [1.82, 2.24) is 29.9 Å². The molecule has 6 nitrogen and oxygen atoms in total. The second-order valence-electron chi connectivity index (χ2n) is 5.32. The minimum Gasteiger partial charge on any atom is -0.258 e. The zero-order valence-corrected chi connectivity index (χ0v) is 12.7. The van der Waals surface area contributed by atoms with Crippen LogP contribution in [-0.4, -0.2) is 29.9 Å². The highest BCUT2D eigenvalue weighted by atomic mass is 19.2. The molecule has 4 aromatic rings. The minimum absolute atomic E-state index is 0.0597. The summed E-state index contributed by atoms with van der Waals surface area (Å²) in [5.41, 5.74) is 1.33. The third-order valence-electron chi connectivity index (χ3n) is 3.68. The molecule has 1 N–H and O–H groups in total. The van der Waals surface area contributed by atoms with Crippen molar-refractivity contribution < 1.29 is 8.78 Å². The largest absolute Gasteiger partial charge is 0.258 e. The van der Waals surface area contributed by atoms with Gasteiger partial charge in [-0.15, -0.1) is 0 Å². The second kappa shape index (κ2) is 5.48. The van der Waals surface area contributed by atoms with Gasteiger partial charge in [0.25, 0.3) is 0 Å².